The lowest BCUT2D eigenvalue weighted by Gasteiger charge is -1.89. The topological polar surface area (TPSA) is 43.1 Å². The normalized spacial score (nSPS) is 10.5. The summed E-state index contributed by atoms with van der Waals surface area (Å²) in [4.78, 5) is 7.84. The Kier molecular flexibility index (Phi) is 1.10. The Labute approximate surface area is 62.3 Å². The Balaban J connectivity index is 2.86. The lowest BCUT2D eigenvalue weighted by Crippen LogP contribution is -1.88. The highest BCUT2D eigenvalue weighted by molar-refractivity contribution is 7.80. The maximum atomic E-state index is 4.04. The Morgan fingerprint density at radius 1 is 1.40 bits per heavy atom. The molecular formula is C5H4N4S. The minimum Gasteiger partial charge on any atom is -0.245 e. The highest BCUT2D eigenvalue weighted by Crippen LogP contribution is 2.00. The molecule has 0 atom stereocenters. The van der Waals surface area contributed by atoms with E-state index in [1.165, 1.54) is 6.33 Å². The lowest BCUT2D eigenvalue weighted by atomic mass is 10.7. The van der Waals surface area contributed by atoms with E-state index in [1.807, 2.05) is 0 Å². The molecule has 0 unspecified atom stereocenters. The fourth-order valence-electron chi connectivity index (χ4n) is 0.717. The molecular weight excluding hydrogens is 148 g/mol. The Hall–Kier alpha value is -1.10. The summed E-state index contributed by atoms with van der Waals surface area (Å²) in [5.41, 5.74) is 0.734. The molecule has 5 heteroatoms. The number of rotatable bonds is 0. The summed E-state index contributed by atoms with van der Waals surface area (Å²) in [5, 5.41) is 4.53. The first-order chi connectivity index (χ1) is 4.86. The molecule has 0 amide bonds. The van der Waals surface area contributed by atoms with Gasteiger partial charge in [0.15, 0.2) is 5.65 Å². The average molecular weight is 152 g/mol. The number of fused-ring (bicyclic) bond motifs is 1. The van der Waals surface area contributed by atoms with Crippen molar-refractivity contribution in [3.63, 3.8) is 0 Å². The maximum Gasteiger partial charge on any atom is 0.173 e. The van der Waals surface area contributed by atoms with Crippen molar-refractivity contribution in [1.82, 2.24) is 19.6 Å². The summed E-state index contributed by atoms with van der Waals surface area (Å²) >= 11 is 4.04. The molecule has 50 valence electrons. The highest BCUT2D eigenvalue weighted by atomic mass is 32.1. The molecule has 2 heterocycles. The molecule has 2 aromatic rings. The second kappa shape index (κ2) is 1.95. The first kappa shape index (κ1) is 5.67. The van der Waals surface area contributed by atoms with Gasteiger partial charge in [0.05, 0.1) is 12.4 Å². The van der Waals surface area contributed by atoms with Crippen LogP contribution in [0.4, 0.5) is 0 Å². The fourth-order valence-corrected chi connectivity index (χ4v) is 0.885. The molecule has 0 aliphatic heterocycles. The molecule has 4 nitrogen and oxygen atoms in total. The van der Waals surface area contributed by atoms with E-state index in [1.54, 1.807) is 16.9 Å². The summed E-state index contributed by atoms with van der Waals surface area (Å²) < 4.78 is 1.62. The van der Waals surface area contributed by atoms with Gasteiger partial charge in [-0.2, -0.15) is 5.10 Å². The highest BCUT2D eigenvalue weighted by Gasteiger charge is 1.93. The molecule has 2 rings (SSSR count). The van der Waals surface area contributed by atoms with E-state index in [-0.39, 0.29) is 0 Å². The zero-order chi connectivity index (χ0) is 6.97. The van der Waals surface area contributed by atoms with Crippen LogP contribution in [0.1, 0.15) is 0 Å². The van der Waals surface area contributed by atoms with Crippen molar-refractivity contribution in [1.29, 1.82) is 0 Å². The minimum absolute atomic E-state index is 0.637. The van der Waals surface area contributed by atoms with Gasteiger partial charge in [-0.15, -0.1) is 12.6 Å². The van der Waals surface area contributed by atoms with Crippen LogP contribution in [0.25, 0.3) is 5.65 Å². The lowest BCUT2D eigenvalue weighted by molar-refractivity contribution is 0.905. The number of aromatic nitrogens is 4. The van der Waals surface area contributed by atoms with Crippen molar-refractivity contribution < 1.29 is 0 Å². The third-order valence-corrected chi connectivity index (χ3v) is 1.38. The average Bonchev–Trinajstić information content (AvgIpc) is 2.33. The standard InChI is InChI=1S/C5H4N4S/c10-5-2-9-4(1-6-5)7-3-8-9/h1-3,10H. The van der Waals surface area contributed by atoms with Gasteiger partial charge in [-0.05, 0) is 0 Å². The SMILES string of the molecule is Sc1cn2ncnc2cn1. The molecule has 0 aliphatic carbocycles. The monoisotopic (exact) mass is 152 g/mol. The van der Waals surface area contributed by atoms with Crippen molar-refractivity contribution in [2.45, 2.75) is 5.03 Å². The fraction of sp³-hybridized carbons (Fsp3) is 0. The van der Waals surface area contributed by atoms with E-state index in [0.717, 1.165) is 5.65 Å². The summed E-state index contributed by atoms with van der Waals surface area (Å²) in [6, 6.07) is 0. The molecule has 0 aliphatic rings. The van der Waals surface area contributed by atoms with Gasteiger partial charge in [0.1, 0.15) is 11.4 Å². The largest absolute Gasteiger partial charge is 0.245 e. The molecule has 0 spiro atoms. The van der Waals surface area contributed by atoms with Crippen LogP contribution in [-0.4, -0.2) is 19.6 Å². The van der Waals surface area contributed by atoms with Crippen LogP contribution in [0, 0.1) is 0 Å². The van der Waals surface area contributed by atoms with Crippen LogP contribution >= 0.6 is 12.6 Å². The summed E-state index contributed by atoms with van der Waals surface area (Å²) in [7, 11) is 0. The Bertz CT molecular complexity index is 355. The van der Waals surface area contributed by atoms with Crippen molar-refractivity contribution >= 4 is 18.3 Å². The van der Waals surface area contributed by atoms with E-state index in [0.29, 0.717) is 5.03 Å². The maximum absolute atomic E-state index is 4.04. The van der Waals surface area contributed by atoms with Crippen LogP contribution < -0.4 is 0 Å². The van der Waals surface area contributed by atoms with E-state index in [2.05, 4.69) is 27.7 Å². The summed E-state index contributed by atoms with van der Waals surface area (Å²) in [6.07, 6.45) is 4.80. The van der Waals surface area contributed by atoms with Crippen molar-refractivity contribution in [3.05, 3.63) is 18.7 Å². The number of nitrogens with zero attached hydrogens (tertiary/aromatic N) is 4. The summed E-state index contributed by atoms with van der Waals surface area (Å²) in [6.45, 7) is 0. The summed E-state index contributed by atoms with van der Waals surface area (Å²) in [5.74, 6) is 0. The second-order valence-corrected chi connectivity index (χ2v) is 2.27. The minimum atomic E-state index is 0.637. The van der Waals surface area contributed by atoms with Crippen molar-refractivity contribution in [3.8, 4) is 0 Å². The second-order valence-electron chi connectivity index (χ2n) is 1.81. The molecule has 0 N–H and O–H groups in total. The molecule has 0 radical (unpaired) electrons. The Morgan fingerprint density at radius 3 is 3.20 bits per heavy atom. The number of hydrogen-bond donors (Lipinski definition) is 1. The molecule has 2 aromatic heterocycles. The molecule has 0 aromatic carbocycles. The van der Waals surface area contributed by atoms with Gasteiger partial charge < -0.3 is 0 Å². The van der Waals surface area contributed by atoms with Crippen LogP contribution in [0.2, 0.25) is 0 Å². The first-order valence-electron chi connectivity index (χ1n) is 2.70. The predicted octanol–water partition coefficient (Wildman–Crippen LogP) is 0.413. The van der Waals surface area contributed by atoms with Gasteiger partial charge in [-0.25, -0.2) is 14.5 Å². The van der Waals surface area contributed by atoms with E-state index in [9.17, 15) is 0 Å². The van der Waals surface area contributed by atoms with Gasteiger partial charge in [-0.3, -0.25) is 0 Å². The zero-order valence-electron chi connectivity index (χ0n) is 4.97. The zero-order valence-corrected chi connectivity index (χ0v) is 5.86. The Morgan fingerprint density at radius 2 is 2.30 bits per heavy atom. The molecule has 0 saturated carbocycles. The van der Waals surface area contributed by atoms with E-state index in [4.69, 9.17) is 0 Å². The van der Waals surface area contributed by atoms with Crippen molar-refractivity contribution in [2.75, 3.05) is 0 Å². The van der Waals surface area contributed by atoms with Crippen molar-refractivity contribution in [2.24, 2.45) is 0 Å². The van der Waals surface area contributed by atoms with Crippen LogP contribution in [-0.2, 0) is 0 Å². The van der Waals surface area contributed by atoms with Gasteiger partial charge >= 0.3 is 0 Å². The third kappa shape index (κ3) is 0.750. The van der Waals surface area contributed by atoms with Gasteiger partial charge in [0, 0.05) is 0 Å². The van der Waals surface area contributed by atoms with E-state index < -0.39 is 0 Å². The predicted molar refractivity (Wildman–Crippen MR) is 38.0 cm³/mol. The smallest absolute Gasteiger partial charge is 0.173 e. The van der Waals surface area contributed by atoms with Gasteiger partial charge in [0.25, 0.3) is 0 Å². The van der Waals surface area contributed by atoms with Crippen LogP contribution in [0.3, 0.4) is 0 Å². The first-order valence-corrected chi connectivity index (χ1v) is 3.15. The quantitative estimate of drug-likeness (QED) is 0.556. The third-order valence-electron chi connectivity index (χ3n) is 1.15. The molecule has 0 fully saturated rings. The van der Waals surface area contributed by atoms with E-state index >= 15 is 0 Å². The van der Waals surface area contributed by atoms with Gasteiger partial charge in [-0.1, -0.05) is 0 Å². The van der Waals surface area contributed by atoms with Gasteiger partial charge in [0.2, 0.25) is 0 Å². The van der Waals surface area contributed by atoms with Crippen LogP contribution in [0.5, 0.6) is 0 Å². The molecule has 0 saturated heterocycles. The molecule has 0 bridgehead atoms. The van der Waals surface area contributed by atoms with Crippen LogP contribution in [0.15, 0.2) is 23.7 Å². The number of thiol groups is 1. The molecule has 10 heavy (non-hydrogen) atoms. The number of hydrogen-bond acceptors (Lipinski definition) is 4.